The molecule has 1 aromatic heterocycles. The van der Waals surface area contributed by atoms with Crippen LogP contribution >= 0.6 is 0 Å². The molecule has 1 fully saturated rings. The first-order chi connectivity index (χ1) is 13.2. The minimum absolute atomic E-state index is 0.113. The summed E-state index contributed by atoms with van der Waals surface area (Å²) in [4.78, 5) is 7.12. The van der Waals surface area contributed by atoms with E-state index >= 15 is 0 Å². The molecule has 3 aromatic rings. The molecule has 1 aliphatic heterocycles. The standard InChI is InChI=1S/C22H27N3O2/c1-16(2)18-8-9-21-19(14-18)23-22(27-21)24-20(17-6-4-3-5-7-17)15-25-10-12-26-13-11-25/h3-9,14,16,20H,10-13,15H2,1-2H3,(H,23,24)/t20-/m0/s1. The number of ether oxygens (including phenoxy) is 1. The number of aromatic nitrogens is 1. The molecule has 2 aromatic carbocycles. The first-order valence-electron chi connectivity index (χ1n) is 9.71. The number of rotatable bonds is 6. The van der Waals surface area contributed by atoms with Gasteiger partial charge in [0.2, 0.25) is 0 Å². The van der Waals surface area contributed by atoms with Crippen molar-refractivity contribution in [1.82, 2.24) is 9.88 Å². The van der Waals surface area contributed by atoms with E-state index in [2.05, 4.69) is 60.5 Å². The molecule has 0 saturated carbocycles. The summed E-state index contributed by atoms with van der Waals surface area (Å²) in [6.45, 7) is 8.77. The van der Waals surface area contributed by atoms with Gasteiger partial charge < -0.3 is 14.5 Å². The van der Waals surface area contributed by atoms with Crippen molar-refractivity contribution in [3.05, 3.63) is 59.7 Å². The molecule has 1 N–H and O–H groups in total. The van der Waals surface area contributed by atoms with Crippen LogP contribution in [-0.4, -0.2) is 42.7 Å². The molecule has 0 bridgehead atoms. The van der Waals surface area contributed by atoms with E-state index in [0.29, 0.717) is 11.9 Å². The molecule has 5 nitrogen and oxygen atoms in total. The van der Waals surface area contributed by atoms with Crippen LogP contribution in [0.2, 0.25) is 0 Å². The van der Waals surface area contributed by atoms with Crippen molar-refractivity contribution >= 4 is 17.1 Å². The quantitative estimate of drug-likeness (QED) is 0.700. The van der Waals surface area contributed by atoms with Crippen LogP contribution in [0.3, 0.4) is 0 Å². The largest absolute Gasteiger partial charge is 0.424 e. The number of morpholine rings is 1. The van der Waals surface area contributed by atoms with Gasteiger partial charge in [0.1, 0.15) is 5.52 Å². The fraction of sp³-hybridized carbons (Fsp3) is 0.409. The highest BCUT2D eigenvalue weighted by molar-refractivity contribution is 5.75. The Kier molecular flexibility index (Phi) is 5.41. The average molecular weight is 365 g/mol. The zero-order valence-corrected chi connectivity index (χ0v) is 16.0. The number of hydrogen-bond donors (Lipinski definition) is 1. The number of fused-ring (bicyclic) bond motifs is 1. The van der Waals surface area contributed by atoms with Crippen molar-refractivity contribution in [2.24, 2.45) is 0 Å². The first kappa shape index (κ1) is 18.0. The normalized spacial score (nSPS) is 16.7. The second-order valence-corrected chi connectivity index (χ2v) is 7.42. The summed E-state index contributed by atoms with van der Waals surface area (Å²) in [7, 11) is 0. The van der Waals surface area contributed by atoms with Crippen molar-refractivity contribution in [2.45, 2.75) is 25.8 Å². The molecule has 4 rings (SSSR count). The number of anilines is 1. The molecule has 27 heavy (non-hydrogen) atoms. The van der Waals surface area contributed by atoms with Crippen LogP contribution in [-0.2, 0) is 4.74 Å². The number of oxazole rings is 1. The van der Waals surface area contributed by atoms with Crippen molar-refractivity contribution in [2.75, 3.05) is 38.2 Å². The topological polar surface area (TPSA) is 50.5 Å². The zero-order valence-electron chi connectivity index (χ0n) is 16.0. The zero-order chi connectivity index (χ0) is 18.6. The van der Waals surface area contributed by atoms with Gasteiger partial charge in [-0.1, -0.05) is 50.2 Å². The molecule has 1 atom stereocenters. The van der Waals surface area contributed by atoms with Crippen LogP contribution in [0.5, 0.6) is 0 Å². The second kappa shape index (κ2) is 8.11. The fourth-order valence-electron chi connectivity index (χ4n) is 3.48. The lowest BCUT2D eigenvalue weighted by atomic mass is 10.0. The van der Waals surface area contributed by atoms with E-state index in [1.54, 1.807) is 0 Å². The van der Waals surface area contributed by atoms with E-state index in [0.717, 1.165) is 43.9 Å². The third kappa shape index (κ3) is 4.31. The van der Waals surface area contributed by atoms with Crippen molar-refractivity contribution < 1.29 is 9.15 Å². The van der Waals surface area contributed by atoms with Crippen molar-refractivity contribution in [3.8, 4) is 0 Å². The summed E-state index contributed by atoms with van der Waals surface area (Å²) >= 11 is 0. The van der Waals surface area contributed by atoms with E-state index in [4.69, 9.17) is 14.1 Å². The molecular formula is C22H27N3O2. The molecule has 142 valence electrons. The third-order valence-electron chi connectivity index (χ3n) is 5.12. The van der Waals surface area contributed by atoms with E-state index < -0.39 is 0 Å². The second-order valence-electron chi connectivity index (χ2n) is 7.42. The fourth-order valence-corrected chi connectivity index (χ4v) is 3.48. The molecular weight excluding hydrogens is 338 g/mol. The third-order valence-corrected chi connectivity index (χ3v) is 5.12. The molecule has 1 saturated heterocycles. The lowest BCUT2D eigenvalue weighted by molar-refractivity contribution is 0.0360. The summed E-state index contributed by atoms with van der Waals surface area (Å²) in [5, 5.41) is 3.52. The number of nitrogens with one attached hydrogen (secondary N) is 1. The van der Waals surface area contributed by atoms with Crippen LogP contribution in [0.4, 0.5) is 6.01 Å². The Morgan fingerprint density at radius 2 is 1.81 bits per heavy atom. The van der Waals surface area contributed by atoms with Gasteiger partial charge in [-0.25, -0.2) is 0 Å². The maximum Gasteiger partial charge on any atom is 0.296 e. The maximum absolute atomic E-state index is 5.98. The first-order valence-corrected chi connectivity index (χ1v) is 9.71. The van der Waals surface area contributed by atoms with Crippen molar-refractivity contribution in [3.63, 3.8) is 0 Å². The molecule has 2 heterocycles. The molecule has 0 unspecified atom stereocenters. The molecule has 0 amide bonds. The summed E-state index contributed by atoms with van der Waals surface area (Å²) in [6, 6.07) is 17.4. The van der Waals surface area contributed by atoms with Crippen LogP contribution in [0.25, 0.3) is 11.1 Å². The van der Waals surface area contributed by atoms with Crippen LogP contribution in [0.15, 0.2) is 52.9 Å². The van der Waals surface area contributed by atoms with Gasteiger partial charge in [-0.2, -0.15) is 4.98 Å². The molecule has 0 radical (unpaired) electrons. The minimum Gasteiger partial charge on any atom is -0.424 e. The summed E-state index contributed by atoms with van der Waals surface area (Å²) in [6.07, 6.45) is 0. The summed E-state index contributed by atoms with van der Waals surface area (Å²) in [5.41, 5.74) is 4.23. The van der Waals surface area contributed by atoms with Crippen LogP contribution in [0, 0.1) is 0 Å². The molecule has 0 aliphatic carbocycles. The number of hydrogen-bond acceptors (Lipinski definition) is 5. The summed E-state index contributed by atoms with van der Waals surface area (Å²) < 4.78 is 11.5. The lowest BCUT2D eigenvalue weighted by Crippen LogP contribution is -2.40. The summed E-state index contributed by atoms with van der Waals surface area (Å²) in [5.74, 6) is 0.473. The maximum atomic E-state index is 5.98. The predicted octanol–water partition coefficient (Wildman–Crippen LogP) is 4.44. The van der Waals surface area contributed by atoms with E-state index in [-0.39, 0.29) is 6.04 Å². The van der Waals surface area contributed by atoms with Crippen LogP contribution < -0.4 is 5.32 Å². The predicted molar refractivity (Wildman–Crippen MR) is 108 cm³/mol. The van der Waals surface area contributed by atoms with Gasteiger partial charge in [0.25, 0.3) is 6.01 Å². The monoisotopic (exact) mass is 365 g/mol. The molecule has 1 aliphatic rings. The van der Waals surface area contributed by atoms with E-state index in [1.807, 2.05) is 12.1 Å². The SMILES string of the molecule is CC(C)c1ccc2oc(N[C@@H](CN3CCOCC3)c3ccccc3)nc2c1. The van der Waals surface area contributed by atoms with Gasteiger partial charge in [-0.05, 0) is 29.2 Å². The van der Waals surface area contributed by atoms with Crippen LogP contribution in [0.1, 0.15) is 36.9 Å². The van der Waals surface area contributed by atoms with Gasteiger partial charge >= 0.3 is 0 Å². The minimum atomic E-state index is 0.113. The highest BCUT2D eigenvalue weighted by atomic mass is 16.5. The average Bonchev–Trinajstić information content (AvgIpc) is 3.10. The van der Waals surface area contributed by atoms with Gasteiger partial charge in [-0.15, -0.1) is 0 Å². The Morgan fingerprint density at radius 3 is 2.56 bits per heavy atom. The number of nitrogens with zero attached hydrogens (tertiary/aromatic N) is 2. The number of benzene rings is 2. The Balaban J connectivity index is 1.57. The van der Waals surface area contributed by atoms with Gasteiger partial charge in [0, 0.05) is 19.6 Å². The molecule has 0 spiro atoms. The Bertz CT molecular complexity index is 870. The van der Waals surface area contributed by atoms with E-state index in [9.17, 15) is 0 Å². The Hall–Kier alpha value is -2.37. The highest BCUT2D eigenvalue weighted by Gasteiger charge is 2.20. The van der Waals surface area contributed by atoms with Gasteiger partial charge in [0.05, 0.1) is 19.3 Å². The van der Waals surface area contributed by atoms with E-state index in [1.165, 1.54) is 11.1 Å². The van der Waals surface area contributed by atoms with Gasteiger partial charge in [0.15, 0.2) is 5.58 Å². The Morgan fingerprint density at radius 1 is 1.04 bits per heavy atom. The molecule has 5 heteroatoms. The lowest BCUT2D eigenvalue weighted by Gasteiger charge is -2.30. The highest BCUT2D eigenvalue weighted by Crippen LogP contribution is 2.26. The van der Waals surface area contributed by atoms with Gasteiger partial charge in [-0.3, -0.25) is 4.90 Å². The smallest absolute Gasteiger partial charge is 0.296 e. The van der Waals surface area contributed by atoms with Crippen molar-refractivity contribution in [1.29, 1.82) is 0 Å². The Labute approximate surface area is 160 Å².